The molecule has 0 heterocycles. The zero-order chi connectivity index (χ0) is 13.0. The van der Waals surface area contributed by atoms with Crippen molar-refractivity contribution in [2.24, 2.45) is 5.92 Å². The van der Waals surface area contributed by atoms with Crippen molar-refractivity contribution in [1.82, 2.24) is 5.32 Å². The van der Waals surface area contributed by atoms with E-state index in [1.54, 1.807) is 0 Å². The van der Waals surface area contributed by atoms with Crippen LogP contribution in [0.3, 0.4) is 0 Å². The molecule has 100 valence electrons. The molecule has 2 heteroatoms. The number of hydrogen-bond acceptors (Lipinski definition) is 1. The Balaban J connectivity index is 2.02. The Kier molecular flexibility index (Phi) is 5.08. The quantitative estimate of drug-likeness (QED) is 0.793. The van der Waals surface area contributed by atoms with Gasteiger partial charge < -0.3 is 5.32 Å². The zero-order valence-corrected chi connectivity index (χ0v) is 12.2. The van der Waals surface area contributed by atoms with Crippen molar-refractivity contribution in [3.8, 4) is 0 Å². The maximum atomic E-state index is 5.96. The fraction of sp³-hybridized carbons (Fsp3) is 0.625. The van der Waals surface area contributed by atoms with E-state index in [1.165, 1.54) is 31.2 Å². The van der Waals surface area contributed by atoms with Gasteiger partial charge in [0.25, 0.3) is 0 Å². The van der Waals surface area contributed by atoms with Crippen molar-refractivity contribution in [2.45, 2.75) is 58.0 Å². The number of hydrogen-bond donors (Lipinski definition) is 1. The topological polar surface area (TPSA) is 12.0 Å². The lowest BCUT2D eigenvalue weighted by molar-refractivity contribution is 0.345. The Bertz CT molecular complexity index is 360. The van der Waals surface area contributed by atoms with E-state index in [0.717, 1.165) is 17.4 Å². The number of benzene rings is 1. The molecule has 1 fully saturated rings. The van der Waals surface area contributed by atoms with E-state index in [-0.39, 0.29) is 0 Å². The Labute approximate surface area is 116 Å². The summed E-state index contributed by atoms with van der Waals surface area (Å²) < 4.78 is 0. The molecule has 1 aromatic rings. The van der Waals surface area contributed by atoms with Gasteiger partial charge in [-0.15, -0.1) is 0 Å². The molecule has 1 aliphatic carbocycles. The lowest BCUT2D eigenvalue weighted by Gasteiger charge is -2.26. The van der Waals surface area contributed by atoms with E-state index in [1.807, 2.05) is 12.1 Å². The van der Waals surface area contributed by atoms with Crippen LogP contribution < -0.4 is 5.32 Å². The predicted octanol–water partition coefficient (Wildman–Crippen LogP) is 4.96. The van der Waals surface area contributed by atoms with Crippen LogP contribution in [0.1, 0.15) is 57.6 Å². The zero-order valence-electron chi connectivity index (χ0n) is 11.5. The summed E-state index contributed by atoms with van der Waals surface area (Å²) in [5.41, 5.74) is 1.36. The highest BCUT2D eigenvalue weighted by Gasteiger charge is 2.27. The second kappa shape index (κ2) is 6.58. The minimum atomic E-state index is 0.472. The van der Waals surface area contributed by atoms with Gasteiger partial charge in [0.2, 0.25) is 0 Å². The van der Waals surface area contributed by atoms with Crippen LogP contribution >= 0.6 is 11.6 Å². The van der Waals surface area contributed by atoms with Gasteiger partial charge in [-0.05, 0) is 42.9 Å². The first-order chi connectivity index (χ1) is 8.74. The Morgan fingerprint density at radius 3 is 2.56 bits per heavy atom. The molecule has 3 atom stereocenters. The van der Waals surface area contributed by atoms with Crippen molar-refractivity contribution in [2.75, 3.05) is 0 Å². The van der Waals surface area contributed by atoms with Crippen molar-refractivity contribution < 1.29 is 0 Å². The smallest absolute Gasteiger partial charge is 0.0406 e. The molecule has 1 aromatic carbocycles. The van der Waals surface area contributed by atoms with E-state index in [2.05, 4.69) is 31.3 Å². The summed E-state index contributed by atoms with van der Waals surface area (Å²) in [6.45, 7) is 4.57. The number of nitrogens with one attached hydrogen (secondary N) is 1. The first kappa shape index (κ1) is 13.9. The molecule has 3 unspecified atom stereocenters. The van der Waals surface area contributed by atoms with Crippen molar-refractivity contribution >= 4 is 11.6 Å². The summed E-state index contributed by atoms with van der Waals surface area (Å²) in [5.74, 6) is 0.867. The Hall–Kier alpha value is -0.530. The molecular formula is C16H24ClN. The van der Waals surface area contributed by atoms with E-state index in [0.29, 0.717) is 12.1 Å². The maximum absolute atomic E-state index is 5.96. The van der Waals surface area contributed by atoms with Gasteiger partial charge >= 0.3 is 0 Å². The van der Waals surface area contributed by atoms with Crippen LogP contribution in [0.2, 0.25) is 5.02 Å². The van der Waals surface area contributed by atoms with Gasteiger partial charge in [0.15, 0.2) is 0 Å². The molecule has 0 aliphatic heterocycles. The molecule has 0 spiro atoms. The van der Waals surface area contributed by atoms with Crippen LogP contribution in [0.4, 0.5) is 0 Å². The summed E-state index contributed by atoms with van der Waals surface area (Å²) in [6, 6.07) is 9.47. The molecule has 2 rings (SSSR count). The highest BCUT2D eigenvalue weighted by molar-refractivity contribution is 6.30. The molecule has 1 saturated carbocycles. The Morgan fingerprint density at radius 2 is 1.94 bits per heavy atom. The highest BCUT2D eigenvalue weighted by Crippen LogP contribution is 2.31. The fourth-order valence-corrected chi connectivity index (χ4v) is 3.27. The third kappa shape index (κ3) is 3.27. The summed E-state index contributed by atoms with van der Waals surface area (Å²) in [5, 5.41) is 4.68. The van der Waals surface area contributed by atoms with Gasteiger partial charge in [-0.1, -0.05) is 50.4 Å². The van der Waals surface area contributed by atoms with Crippen molar-refractivity contribution in [1.29, 1.82) is 0 Å². The average Bonchev–Trinajstić information content (AvgIpc) is 2.84. The fourth-order valence-electron chi connectivity index (χ4n) is 3.15. The first-order valence-corrected chi connectivity index (χ1v) is 7.63. The van der Waals surface area contributed by atoms with Crippen LogP contribution in [0.25, 0.3) is 0 Å². The van der Waals surface area contributed by atoms with Gasteiger partial charge in [-0.3, -0.25) is 0 Å². The van der Waals surface area contributed by atoms with Gasteiger partial charge in [0, 0.05) is 17.1 Å². The van der Waals surface area contributed by atoms with Crippen LogP contribution in [-0.4, -0.2) is 6.04 Å². The molecule has 0 amide bonds. The average molecular weight is 266 g/mol. The number of halogens is 1. The summed E-state index contributed by atoms with van der Waals surface area (Å²) in [6.07, 6.45) is 6.55. The molecule has 0 saturated heterocycles. The van der Waals surface area contributed by atoms with E-state index in [9.17, 15) is 0 Å². The minimum absolute atomic E-state index is 0.472. The third-order valence-electron chi connectivity index (χ3n) is 4.28. The molecule has 0 radical (unpaired) electrons. The van der Waals surface area contributed by atoms with E-state index >= 15 is 0 Å². The molecule has 18 heavy (non-hydrogen) atoms. The van der Waals surface area contributed by atoms with Crippen molar-refractivity contribution in [3.05, 3.63) is 34.9 Å². The van der Waals surface area contributed by atoms with Gasteiger partial charge in [-0.2, -0.15) is 0 Å². The number of rotatable bonds is 5. The van der Waals surface area contributed by atoms with E-state index < -0.39 is 0 Å². The molecule has 1 aliphatic rings. The van der Waals surface area contributed by atoms with E-state index in [4.69, 9.17) is 11.6 Å². The molecule has 1 nitrogen and oxygen atoms in total. The molecule has 0 bridgehead atoms. The summed E-state index contributed by atoms with van der Waals surface area (Å²) >= 11 is 5.96. The third-order valence-corrected chi connectivity index (χ3v) is 4.53. The predicted molar refractivity (Wildman–Crippen MR) is 79.0 cm³/mol. The van der Waals surface area contributed by atoms with Crippen LogP contribution in [0.5, 0.6) is 0 Å². The SMILES string of the molecule is CCC(NC1CCCC1CC)c1ccc(Cl)cc1. The Morgan fingerprint density at radius 1 is 1.22 bits per heavy atom. The summed E-state index contributed by atoms with van der Waals surface area (Å²) in [7, 11) is 0. The van der Waals surface area contributed by atoms with Crippen molar-refractivity contribution in [3.63, 3.8) is 0 Å². The minimum Gasteiger partial charge on any atom is -0.307 e. The normalized spacial score (nSPS) is 25.3. The monoisotopic (exact) mass is 265 g/mol. The molecule has 0 aromatic heterocycles. The standard InChI is InChI=1S/C16H24ClN/c1-3-12-6-5-7-16(12)18-15(4-2)13-8-10-14(17)11-9-13/h8-12,15-16,18H,3-7H2,1-2H3. The van der Waals surface area contributed by atoms with Gasteiger partial charge in [0.1, 0.15) is 0 Å². The van der Waals surface area contributed by atoms with Gasteiger partial charge in [-0.25, -0.2) is 0 Å². The van der Waals surface area contributed by atoms with Gasteiger partial charge in [0.05, 0.1) is 0 Å². The second-order valence-electron chi connectivity index (χ2n) is 5.38. The van der Waals surface area contributed by atoms with Crippen LogP contribution in [0, 0.1) is 5.92 Å². The summed E-state index contributed by atoms with van der Waals surface area (Å²) in [4.78, 5) is 0. The largest absolute Gasteiger partial charge is 0.307 e. The second-order valence-corrected chi connectivity index (χ2v) is 5.82. The highest BCUT2D eigenvalue weighted by atomic mass is 35.5. The lowest BCUT2D eigenvalue weighted by Crippen LogP contribution is -2.35. The molecule has 1 N–H and O–H groups in total. The molecular weight excluding hydrogens is 242 g/mol. The maximum Gasteiger partial charge on any atom is 0.0406 e. The first-order valence-electron chi connectivity index (χ1n) is 7.26. The lowest BCUT2D eigenvalue weighted by atomic mass is 9.97. The van der Waals surface area contributed by atoms with Crippen LogP contribution in [0.15, 0.2) is 24.3 Å². The van der Waals surface area contributed by atoms with Crippen LogP contribution in [-0.2, 0) is 0 Å².